The van der Waals surface area contributed by atoms with Crippen LogP contribution in [-0.4, -0.2) is 0 Å². The highest BCUT2D eigenvalue weighted by Crippen LogP contribution is 2.29. The molecule has 0 saturated heterocycles. The minimum absolute atomic E-state index is 0.846. The molecular weight excluding hydrogens is 144 g/mol. The Morgan fingerprint density at radius 1 is 1.17 bits per heavy atom. The Kier molecular flexibility index (Phi) is 2.45. The molecule has 0 heteroatoms. The predicted molar refractivity (Wildman–Crippen MR) is 52.9 cm³/mol. The molecule has 64 valence electrons. The minimum Gasteiger partial charge on any atom is -0.0885 e. The van der Waals surface area contributed by atoms with Crippen LogP contribution in [0.15, 0.2) is 36.0 Å². The molecule has 2 aliphatic carbocycles. The van der Waals surface area contributed by atoms with Crippen LogP contribution in [0.5, 0.6) is 0 Å². The first-order chi connectivity index (χ1) is 5.97. The van der Waals surface area contributed by atoms with E-state index in [0.29, 0.717) is 0 Å². The molecule has 0 bridgehead atoms. The van der Waals surface area contributed by atoms with Crippen LogP contribution in [-0.2, 0) is 0 Å². The van der Waals surface area contributed by atoms with Crippen molar-refractivity contribution in [3.05, 3.63) is 36.0 Å². The minimum atomic E-state index is 0.846. The molecule has 0 radical (unpaired) electrons. The molecule has 1 atom stereocenters. The first-order valence-electron chi connectivity index (χ1n) is 4.97. The zero-order valence-corrected chi connectivity index (χ0v) is 7.50. The second-order valence-corrected chi connectivity index (χ2v) is 3.71. The van der Waals surface area contributed by atoms with Gasteiger partial charge in [0, 0.05) is 0 Å². The molecule has 2 rings (SSSR count). The second-order valence-electron chi connectivity index (χ2n) is 3.71. The lowest BCUT2D eigenvalue weighted by Gasteiger charge is -2.14. The Bertz CT molecular complexity index is 230. The van der Waals surface area contributed by atoms with Gasteiger partial charge in [0.1, 0.15) is 0 Å². The third-order valence-electron chi connectivity index (χ3n) is 2.83. The van der Waals surface area contributed by atoms with Crippen LogP contribution in [0.2, 0.25) is 0 Å². The fourth-order valence-corrected chi connectivity index (χ4v) is 2.08. The lowest BCUT2D eigenvalue weighted by atomic mass is 9.91. The summed E-state index contributed by atoms with van der Waals surface area (Å²) in [6, 6.07) is 0. The van der Waals surface area contributed by atoms with Gasteiger partial charge in [-0.25, -0.2) is 0 Å². The number of hydrogen-bond donors (Lipinski definition) is 0. The fraction of sp³-hybridized carbons (Fsp3) is 0.500. The maximum absolute atomic E-state index is 2.36. The highest BCUT2D eigenvalue weighted by Gasteiger charge is 2.14. The summed E-state index contributed by atoms with van der Waals surface area (Å²) in [4.78, 5) is 0. The molecule has 0 aromatic carbocycles. The largest absolute Gasteiger partial charge is 0.0885 e. The van der Waals surface area contributed by atoms with Crippen LogP contribution >= 0.6 is 0 Å². The highest BCUT2D eigenvalue weighted by atomic mass is 14.2. The normalized spacial score (nSPS) is 28.7. The first kappa shape index (κ1) is 7.85. The smallest absolute Gasteiger partial charge is 0.0130 e. The van der Waals surface area contributed by atoms with Gasteiger partial charge < -0.3 is 0 Å². The van der Waals surface area contributed by atoms with E-state index in [9.17, 15) is 0 Å². The van der Waals surface area contributed by atoms with E-state index in [2.05, 4.69) is 30.4 Å². The number of allylic oxidation sites excluding steroid dienone is 6. The Hall–Kier alpha value is -0.780. The standard InChI is InChI=1S/C12H16/c1-2-4-8-11(7-3-1)12-9-5-6-10-12/h1,3,5-6,9,11H,2,4,7-8,10H2. The Morgan fingerprint density at radius 3 is 3.00 bits per heavy atom. The van der Waals surface area contributed by atoms with Gasteiger partial charge >= 0.3 is 0 Å². The fourth-order valence-electron chi connectivity index (χ4n) is 2.08. The zero-order valence-electron chi connectivity index (χ0n) is 7.50. The third-order valence-corrected chi connectivity index (χ3v) is 2.83. The molecule has 0 spiro atoms. The molecule has 0 aromatic rings. The SMILES string of the molecule is C1=CCC(C2CC=CCCC2)=C1. The van der Waals surface area contributed by atoms with Gasteiger partial charge in [-0.05, 0) is 38.0 Å². The van der Waals surface area contributed by atoms with Gasteiger partial charge in [0.25, 0.3) is 0 Å². The summed E-state index contributed by atoms with van der Waals surface area (Å²) in [6.45, 7) is 0. The maximum atomic E-state index is 2.36. The summed E-state index contributed by atoms with van der Waals surface area (Å²) in [5.74, 6) is 0.846. The molecule has 0 amide bonds. The van der Waals surface area contributed by atoms with Crippen LogP contribution < -0.4 is 0 Å². The van der Waals surface area contributed by atoms with Crippen LogP contribution in [0.4, 0.5) is 0 Å². The molecule has 0 nitrogen and oxygen atoms in total. The van der Waals surface area contributed by atoms with Crippen molar-refractivity contribution in [3.63, 3.8) is 0 Å². The van der Waals surface area contributed by atoms with Crippen molar-refractivity contribution in [2.24, 2.45) is 5.92 Å². The Balaban J connectivity index is 1.98. The molecule has 12 heavy (non-hydrogen) atoms. The van der Waals surface area contributed by atoms with E-state index in [1.807, 2.05) is 0 Å². The average Bonchev–Trinajstić information content (AvgIpc) is 2.48. The first-order valence-corrected chi connectivity index (χ1v) is 4.97. The lowest BCUT2D eigenvalue weighted by molar-refractivity contribution is 0.551. The van der Waals surface area contributed by atoms with Crippen LogP contribution in [0.25, 0.3) is 0 Å². The highest BCUT2D eigenvalue weighted by molar-refractivity contribution is 5.25. The summed E-state index contributed by atoms with van der Waals surface area (Å²) in [5.41, 5.74) is 1.65. The molecular formula is C12H16. The van der Waals surface area contributed by atoms with Gasteiger partial charge in [-0.3, -0.25) is 0 Å². The van der Waals surface area contributed by atoms with Crippen LogP contribution in [0.3, 0.4) is 0 Å². The van der Waals surface area contributed by atoms with Gasteiger partial charge in [-0.2, -0.15) is 0 Å². The summed E-state index contributed by atoms with van der Waals surface area (Å²) < 4.78 is 0. The van der Waals surface area contributed by atoms with Crippen molar-refractivity contribution in [3.8, 4) is 0 Å². The van der Waals surface area contributed by atoms with Gasteiger partial charge in [0.15, 0.2) is 0 Å². The molecule has 0 saturated carbocycles. The van der Waals surface area contributed by atoms with Crippen LogP contribution in [0.1, 0.15) is 32.1 Å². The molecule has 0 heterocycles. The van der Waals surface area contributed by atoms with Gasteiger partial charge in [0.2, 0.25) is 0 Å². The summed E-state index contributed by atoms with van der Waals surface area (Å²) in [7, 11) is 0. The van der Waals surface area contributed by atoms with E-state index in [-0.39, 0.29) is 0 Å². The average molecular weight is 160 g/mol. The van der Waals surface area contributed by atoms with E-state index < -0.39 is 0 Å². The third kappa shape index (κ3) is 1.69. The van der Waals surface area contributed by atoms with Gasteiger partial charge in [-0.15, -0.1) is 0 Å². The van der Waals surface area contributed by atoms with E-state index in [0.717, 1.165) is 5.92 Å². The monoisotopic (exact) mass is 160 g/mol. The molecule has 0 fully saturated rings. The topological polar surface area (TPSA) is 0 Å². The molecule has 2 aliphatic rings. The van der Waals surface area contributed by atoms with Crippen molar-refractivity contribution >= 4 is 0 Å². The quantitative estimate of drug-likeness (QED) is 0.514. The molecule has 1 unspecified atom stereocenters. The van der Waals surface area contributed by atoms with Crippen molar-refractivity contribution < 1.29 is 0 Å². The number of rotatable bonds is 1. The van der Waals surface area contributed by atoms with Crippen LogP contribution in [0, 0.1) is 5.92 Å². The van der Waals surface area contributed by atoms with E-state index in [4.69, 9.17) is 0 Å². The Morgan fingerprint density at radius 2 is 2.17 bits per heavy atom. The number of hydrogen-bond acceptors (Lipinski definition) is 0. The van der Waals surface area contributed by atoms with E-state index >= 15 is 0 Å². The van der Waals surface area contributed by atoms with E-state index in [1.54, 1.807) is 5.57 Å². The summed E-state index contributed by atoms with van der Waals surface area (Å²) in [5, 5.41) is 0. The lowest BCUT2D eigenvalue weighted by Crippen LogP contribution is -2.00. The zero-order chi connectivity index (χ0) is 8.23. The second kappa shape index (κ2) is 3.75. The van der Waals surface area contributed by atoms with Crippen molar-refractivity contribution in [1.82, 2.24) is 0 Å². The summed E-state index contributed by atoms with van der Waals surface area (Å²) >= 11 is 0. The van der Waals surface area contributed by atoms with Crippen molar-refractivity contribution in [2.45, 2.75) is 32.1 Å². The molecule has 0 N–H and O–H groups in total. The predicted octanol–water partition coefficient (Wildman–Crippen LogP) is 3.62. The molecule has 0 aromatic heterocycles. The maximum Gasteiger partial charge on any atom is -0.0130 e. The Labute approximate surface area is 74.7 Å². The van der Waals surface area contributed by atoms with Crippen molar-refractivity contribution in [1.29, 1.82) is 0 Å². The van der Waals surface area contributed by atoms with E-state index in [1.165, 1.54) is 32.1 Å². The van der Waals surface area contributed by atoms with Gasteiger partial charge in [0.05, 0.1) is 0 Å². The summed E-state index contributed by atoms with van der Waals surface area (Å²) in [6.07, 6.45) is 18.0. The van der Waals surface area contributed by atoms with Crippen molar-refractivity contribution in [2.75, 3.05) is 0 Å². The molecule has 0 aliphatic heterocycles. The van der Waals surface area contributed by atoms with Gasteiger partial charge in [-0.1, -0.05) is 36.0 Å².